The van der Waals surface area contributed by atoms with Crippen LogP contribution in [-0.2, 0) is 17.8 Å². The van der Waals surface area contributed by atoms with E-state index in [9.17, 15) is 9.59 Å². The summed E-state index contributed by atoms with van der Waals surface area (Å²) in [6.07, 6.45) is 2.30. The second-order valence-electron chi connectivity index (χ2n) is 6.84. The van der Waals surface area contributed by atoms with Gasteiger partial charge in [-0.2, -0.15) is 5.10 Å². The number of fused-ring (bicyclic) bond motifs is 1. The molecule has 0 fully saturated rings. The molecule has 0 atom stereocenters. The number of thiazole rings is 1. The topological polar surface area (TPSA) is 88.9 Å². The molecule has 0 unspecified atom stereocenters. The lowest BCUT2D eigenvalue weighted by molar-refractivity contribution is -0.114. The fourth-order valence-corrected chi connectivity index (χ4v) is 4.19. The zero-order valence-electron chi connectivity index (χ0n) is 16.7. The van der Waals surface area contributed by atoms with Gasteiger partial charge in [-0.1, -0.05) is 48.6 Å². The number of benzene rings is 2. The van der Waals surface area contributed by atoms with E-state index >= 15 is 0 Å². The van der Waals surface area contributed by atoms with Crippen LogP contribution in [-0.4, -0.2) is 26.6 Å². The van der Waals surface area contributed by atoms with E-state index in [1.165, 1.54) is 18.3 Å². The van der Waals surface area contributed by atoms with Crippen molar-refractivity contribution in [2.75, 3.05) is 10.6 Å². The summed E-state index contributed by atoms with van der Waals surface area (Å²) >= 11 is 1.36. The second kappa shape index (κ2) is 8.46. The third-order valence-corrected chi connectivity index (χ3v) is 5.57. The Bertz CT molecular complexity index is 1210. The maximum atomic E-state index is 12.9. The molecular formula is C22H21N5O2S. The van der Waals surface area contributed by atoms with Crippen LogP contribution in [0.15, 0.2) is 54.7 Å². The van der Waals surface area contributed by atoms with E-state index in [1.54, 1.807) is 12.3 Å². The first-order valence-corrected chi connectivity index (χ1v) is 10.4. The number of hydrogen-bond donors (Lipinski definition) is 2. The molecule has 0 saturated carbocycles. The highest BCUT2D eigenvalue weighted by Gasteiger charge is 2.18. The van der Waals surface area contributed by atoms with Crippen LogP contribution < -0.4 is 10.6 Å². The van der Waals surface area contributed by atoms with Gasteiger partial charge in [0.05, 0.1) is 34.2 Å². The van der Waals surface area contributed by atoms with Crippen molar-refractivity contribution in [2.45, 2.75) is 26.8 Å². The lowest BCUT2D eigenvalue weighted by atomic mass is 10.2. The molecule has 0 bridgehead atoms. The summed E-state index contributed by atoms with van der Waals surface area (Å²) < 4.78 is 2.74. The Kier molecular flexibility index (Phi) is 5.58. The van der Waals surface area contributed by atoms with Crippen LogP contribution in [0.1, 0.15) is 35.5 Å². The maximum absolute atomic E-state index is 12.9. The van der Waals surface area contributed by atoms with Crippen molar-refractivity contribution < 1.29 is 9.59 Å². The van der Waals surface area contributed by atoms with Gasteiger partial charge < -0.3 is 5.32 Å². The smallest absolute Gasteiger partial charge is 0.260 e. The number of nitrogens with one attached hydrogen (secondary N) is 2. The van der Waals surface area contributed by atoms with Gasteiger partial charge in [-0.25, -0.2) is 4.98 Å². The van der Waals surface area contributed by atoms with Crippen LogP contribution >= 0.6 is 11.3 Å². The lowest BCUT2D eigenvalue weighted by Crippen LogP contribution is -2.14. The van der Waals surface area contributed by atoms with Crippen molar-refractivity contribution in [3.63, 3.8) is 0 Å². The molecule has 0 aliphatic heterocycles. The summed E-state index contributed by atoms with van der Waals surface area (Å²) in [5.74, 6) is -0.362. The van der Waals surface area contributed by atoms with Crippen molar-refractivity contribution in [3.8, 4) is 0 Å². The Morgan fingerprint density at radius 1 is 1.10 bits per heavy atom. The predicted octanol–water partition coefficient (Wildman–Crippen LogP) is 4.31. The summed E-state index contributed by atoms with van der Waals surface area (Å²) in [6.45, 7) is 4.09. The quantitative estimate of drug-likeness (QED) is 0.487. The van der Waals surface area contributed by atoms with Gasteiger partial charge >= 0.3 is 0 Å². The van der Waals surface area contributed by atoms with E-state index in [2.05, 4.69) is 20.7 Å². The Labute approximate surface area is 177 Å². The average molecular weight is 420 g/mol. The number of hydrogen-bond acceptors (Lipinski definition) is 5. The molecule has 2 N–H and O–H groups in total. The van der Waals surface area contributed by atoms with Gasteiger partial charge in [-0.15, -0.1) is 0 Å². The third kappa shape index (κ3) is 4.23. The fraction of sp³-hybridized carbons (Fsp3) is 0.182. The van der Waals surface area contributed by atoms with Crippen molar-refractivity contribution in [1.29, 1.82) is 0 Å². The van der Waals surface area contributed by atoms with Crippen molar-refractivity contribution >= 4 is 44.2 Å². The standard InChI is InChI=1S/C22H21N5O2S/c1-3-19-17(12-23-27(19)13-15-7-5-4-6-8-15)21(29)26-22-25-18-10-9-16(24-14(2)28)11-20(18)30-22/h4-12H,3,13H2,1-2H3,(H,24,28)(H,25,26,29). The molecule has 2 heterocycles. The molecule has 0 saturated heterocycles. The summed E-state index contributed by atoms with van der Waals surface area (Å²) in [5.41, 5.74) is 4.02. The van der Waals surface area contributed by atoms with Gasteiger partial charge in [0.15, 0.2) is 5.13 Å². The molecule has 152 valence electrons. The Morgan fingerprint density at radius 3 is 2.63 bits per heavy atom. The normalized spacial score (nSPS) is 10.9. The monoisotopic (exact) mass is 419 g/mol. The number of anilines is 2. The number of amides is 2. The second-order valence-corrected chi connectivity index (χ2v) is 7.87. The van der Waals surface area contributed by atoms with Gasteiger partial charge in [0.1, 0.15) is 0 Å². The number of rotatable bonds is 6. The molecule has 0 aliphatic rings. The van der Waals surface area contributed by atoms with Gasteiger partial charge in [-0.05, 0) is 30.2 Å². The van der Waals surface area contributed by atoms with Crippen LogP contribution in [0.25, 0.3) is 10.2 Å². The summed E-state index contributed by atoms with van der Waals surface area (Å²) in [4.78, 5) is 28.6. The first-order chi connectivity index (χ1) is 14.5. The van der Waals surface area contributed by atoms with Crippen LogP contribution in [0.5, 0.6) is 0 Å². The van der Waals surface area contributed by atoms with Gasteiger partial charge in [-0.3, -0.25) is 19.6 Å². The molecule has 2 aromatic heterocycles. The van der Waals surface area contributed by atoms with Crippen LogP contribution in [0.2, 0.25) is 0 Å². The highest BCUT2D eigenvalue weighted by atomic mass is 32.1. The van der Waals surface area contributed by atoms with Crippen LogP contribution in [0.4, 0.5) is 10.8 Å². The Balaban J connectivity index is 1.54. The molecule has 4 aromatic rings. The fourth-order valence-electron chi connectivity index (χ4n) is 3.29. The molecule has 0 aliphatic carbocycles. The number of carbonyl (C=O) groups is 2. The molecular weight excluding hydrogens is 398 g/mol. The van der Waals surface area contributed by atoms with Gasteiger partial charge in [0.25, 0.3) is 5.91 Å². The zero-order valence-corrected chi connectivity index (χ0v) is 17.5. The Hall–Kier alpha value is -3.52. The molecule has 2 aromatic carbocycles. The summed E-state index contributed by atoms with van der Waals surface area (Å²) in [7, 11) is 0. The largest absolute Gasteiger partial charge is 0.326 e. The minimum atomic E-state index is -0.229. The highest BCUT2D eigenvalue weighted by molar-refractivity contribution is 7.22. The van der Waals surface area contributed by atoms with E-state index in [0.717, 1.165) is 21.5 Å². The van der Waals surface area contributed by atoms with E-state index in [0.29, 0.717) is 29.3 Å². The lowest BCUT2D eigenvalue weighted by Gasteiger charge is -2.08. The SMILES string of the molecule is CCc1c(C(=O)Nc2nc3ccc(NC(C)=O)cc3s2)cnn1Cc1ccccc1. The minimum Gasteiger partial charge on any atom is -0.326 e. The van der Waals surface area contributed by atoms with E-state index in [-0.39, 0.29) is 11.8 Å². The third-order valence-electron chi connectivity index (χ3n) is 4.63. The minimum absolute atomic E-state index is 0.132. The summed E-state index contributed by atoms with van der Waals surface area (Å²) in [5, 5.41) is 10.6. The Morgan fingerprint density at radius 2 is 1.90 bits per heavy atom. The molecule has 7 nitrogen and oxygen atoms in total. The zero-order chi connectivity index (χ0) is 21.1. The van der Waals surface area contributed by atoms with Gasteiger partial charge in [0, 0.05) is 12.6 Å². The maximum Gasteiger partial charge on any atom is 0.260 e. The number of aromatic nitrogens is 3. The average Bonchev–Trinajstić information content (AvgIpc) is 3.31. The number of carbonyl (C=O) groups excluding carboxylic acids is 2. The first kappa shape index (κ1) is 19.8. The van der Waals surface area contributed by atoms with E-state index in [4.69, 9.17) is 0 Å². The molecule has 0 spiro atoms. The predicted molar refractivity (Wildman–Crippen MR) is 119 cm³/mol. The van der Waals surface area contributed by atoms with E-state index in [1.807, 2.05) is 54.1 Å². The molecule has 4 rings (SSSR count). The van der Waals surface area contributed by atoms with Crippen LogP contribution in [0, 0.1) is 0 Å². The van der Waals surface area contributed by atoms with Crippen molar-refractivity contribution in [2.24, 2.45) is 0 Å². The molecule has 2 amide bonds. The molecule has 8 heteroatoms. The molecule has 30 heavy (non-hydrogen) atoms. The van der Waals surface area contributed by atoms with Crippen molar-refractivity contribution in [3.05, 3.63) is 71.5 Å². The van der Waals surface area contributed by atoms with Gasteiger partial charge in [0.2, 0.25) is 5.91 Å². The van der Waals surface area contributed by atoms with Crippen LogP contribution in [0.3, 0.4) is 0 Å². The number of nitrogens with zero attached hydrogens (tertiary/aromatic N) is 3. The summed E-state index contributed by atoms with van der Waals surface area (Å²) in [6, 6.07) is 15.5. The molecule has 0 radical (unpaired) electrons. The first-order valence-electron chi connectivity index (χ1n) is 9.61. The van der Waals surface area contributed by atoms with Crippen molar-refractivity contribution in [1.82, 2.24) is 14.8 Å². The van der Waals surface area contributed by atoms with E-state index < -0.39 is 0 Å². The highest BCUT2D eigenvalue weighted by Crippen LogP contribution is 2.29.